The number of carbonyl (C=O) groups is 1. The van der Waals surface area contributed by atoms with Gasteiger partial charge in [0, 0.05) is 11.8 Å². The molecule has 4 rings (SSSR count). The molecule has 106 valence electrons. The van der Waals surface area contributed by atoms with Crippen LogP contribution in [-0.2, 0) is 0 Å². The second kappa shape index (κ2) is 4.66. The van der Waals surface area contributed by atoms with Gasteiger partial charge in [-0.25, -0.2) is 4.98 Å². The Bertz CT molecular complexity index is 1060. The summed E-state index contributed by atoms with van der Waals surface area (Å²) < 4.78 is 1.72. The van der Waals surface area contributed by atoms with Crippen molar-refractivity contribution in [1.29, 1.82) is 0 Å². The number of hydrogen-bond acceptors (Lipinski definition) is 3. The number of nitrogens with zero attached hydrogens (tertiary/aromatic N) is 2. The summed E-state index contributed by atoms with van der Waals surface area (Å²) in [4.78, 5) is 31.8. The molecule has 0 bridgehead atoms. The largest absolute Gasteiger partial charge is 0.313 e. The number of nitrogens with one attached hydrogen (secondary N) is 1. The number of pyridine rings is 1. The lowest BCUT2D eigenvalue weighted by atomic mass is 10.1. The fourth-order valence-corrected chi connectivity index (χ4v) is 2.72. The third-order valence-corrected chi connectivity index (χ3v) is 3.69. The number of rotatable bonds is 2. The molecule has 0 amide bonds. The zero-order valence-corrected chi connectivity index (χ0v) is 11.5. The molecule has 0 aliphatic rings. The van der Waals surface area contributed by atoms with E-state index in [1.165, 1.54) is 6.33 Å². The smallest absolute Gasteiger partial charge is 0.260 e. The van der Waals surface area contributed by atoms with Crippen LogP contribution in [-0.4, -0.2) is 20.2 Å². The fraction of sp³-hybridized carbons (Fsp3) is 0. The van der Waals surface area contributed by atoms with E-state index in [2.05, 4.69) is 9.97 Å². The van der Waals surface area contributed by atoms with Crippen LogP contribution in [0.4, 0.5) is 0 Å². The van der Waals surface area contributed by atoms with E-state index < -0.39 is 0 Å². The van der Waals surface area contributed by atoms with E-state index in [9.17, 15) is 9.59 Å². The Kier molecular flexibility index (Phi) is 2.66. The molecule has 3 heterocycles. The monoisotopic (exact) mass is 289 g/mol. The van der Waals surface area contributed by atoms with Gasteiger partial charge in [-0.3, -0.25) is 9.59 Å². The quantitative estimate of drug-likeness (QED) is 0.576. The third kappa shape index (κ3) is 1.69. The van der Waals surface area contributed by atoms with Crippen LogP contribution in [0.1, 0.15) is 16.1 Å². The van der Waals surface area contributed by atoms with Crippen LogP contribution < -0.4 is 5.56 Å². The molecule has 5 nitrogen and oxygen atoms in total. The van der Waals surface area contributed by atoms with Gasteiger partial charge in [-0.15, -0.1) is 0 Å². The van der Waals surface area contributed by atoms with Crippen molar-refractivity contribution >= 4 is 22.2 Å². The highest BCUT2D eigenvalue weighted by molar-refractivity contribution is 6.17. The molecule has 22 heavy (non-hydrogen) atoms. The van der Waals surface area contributed by atoms with Crippen molar-refractivity contribution < 1.29 is 4.79 Å². The average Bonchev–Trinajstić information content (AvgIpc) is 2.90. The summed E-state index contributed by atoms with van der Waals surface area (Å²) in [5.41, 5.74) is 1.81. The van der Waals surface area contributed by atoms with E-state index in [1.54, 1.807) is 28.8 Å². The summed E-state index contributed by atoms with van der Waals surface area (Å²) >= 11 is 0. The first kappa shape index (κ1) is 12.5. The van der Waals surface area contributed by atoms with Gasteiger partial charge in [-0.2, -0.15) is 0 Å². The van der Waals surface area contributed by atoms with Gasteiger partial charge in [0.25, 0.3) is 5.56 Å². The zero-order chi connectivity index (χ0) is 15.1. The van der Waals surface area contributed by atoms with Crippen LogP contribution in [0.3, 0.4) is 0 Å². The summed E-state index contributed by atoms with van der Waals surface area (Å²) in [5, 5.41) is 0.433. The van der Waals surface area contributed by atoms with Crippen molar-refractivity contribution in [3.8, 4) is 0 Å². The molecule has 0 radical (unpaired) electrons. The zero-order valence-electron chi connectivity index (χ0n) is 11.5. The van der Waals surface area contributed by atoms with Crippen molar-refractivity contribution in [2.24, 2.45) is 0 Å². The molecule has 0 fully saturated rings. The van der Waals surface area contributed by atoms with E-state index in [-0.39, 0.29) is 11.3 Å². The topological polar surface area (TPSA) is 67.2 Å². The minimum atomic E-state index is -0.249. The number of hydrogen-bond donors (Lipinski definition) is 1. The minimum absolute atomic E-state index is 0.157. The molecule has 0 unspecified atom stereocenters. The molecule has 0 aliphatic carbocycles. The Morgan fingerprint density at radius 3 is 2.64 bits per heavy atom. The Morgan fingerprint density at radius 2 is 1.82 bits per heavy atom. The van der Waals surface area contributed by atoms with Crippen molar-refractivity contribution in [3.63, 3.8) is 0 Å². The molecule has 0 saturated carbocycles. The summed E-state index contributed by atoms with van der Waals surface area (Å²) in [7, 11) is 0. The SMILES string of the molecule is O=C(c1ccccc1)c1c2nc[nH]c(=O)c2c2ccccn12. The van der Waals surface area contributed by atoms with Gasteiger partial charge in [-0.1, -0.05) is 36.4 Å². The standard InChI is InChI=1S/C17H11N3O2/c21-16(11-6-2-1-3-7-11)15-14-13(17(22)19-10-18-14)12-8-4-5-9-20(12)15/h1-10H,(H,18,19,22). The van der Waals surface area contributed by atoms with E-state index in [0.29, 0.717) is 27.7 Å². The molecule has 4 aromatic rings. The van der Waals surface area contributed by atoms with Gasteiger partial charge in [0.15, 0.2) is 0 Å². The molecule has 0 aliphatic heterocycles. The lowest BCUT2D eigenvalue weighted by Crippen LogP contribution is -2.07. The van der Waals surface area contributed by atoms with Gasteiger partial charge >= 0.3 is 0 Å². The van der Waals surface area contributed by atoms with Crippen LogP contribution in [0, 0.1) is 0 Å². The molecule has 3 aromatic heterocycles. The third-order valence-electron chi connectivity index (χ3n) is 3.69. The van der Waals surface area contributed by atoms with Crippen LogP contribution in [0.25, 0.3) is 16.4 Å². The van der Waals surface area contributed by atoms with E-state index in [0.717, 1.165) is 0 Å². The number of carbonyl (C=O) groups excluding carboxylic acids is 1. The van der Waals surface area contributed by atoms with Crippen LogP contribution in [0.5, 0.6) is 0 Å². The van der Waals surface area contributed by atoms with E-state index in [4.69, 9.17) is 0 Å². The Labute approximate surface area is 124 Å². The summed E-state index contributed by atoms with van der Waals surface area (Å²) in [6, 6.07) is 14.4. The predicted octanol–water partition coefficient (Wildman–Crippen LogP) is 2.41. The fourth-order valence-electron chi connectivity index (χ4n) is 2.72. The number of aromatic amines is 1. The summed E-state index contributed by atoms with van der Waals surface area (Å²) in [5.74, 6) is -0.157. The van der Waals surface area contributed by atoms with Gasteiger partial charge < -0.3 is 9.38 Å². The maximum atomic E-state index is 12.9. The number of ketones is 1. The molecule has 5 heteroatoms. The minimum Gasteiger partial charge on any atom is -0.313 e. The van der Waals surface area contributed by atoms with Gasteiger partial charge in [0.1, 0.15) is 11.2 Å². The Balaban J connectivity index is 2.15. The molecule has 0 saturated heterocycles. The molecule has 1 aromatic carbocycles. The highest BCUT2D eigenvalue weighted by Crippen LogP contribution is 2.24. The maximum absolute atomic E-state index is 12.9. The first-order valence-electron chi connectivity index (χ1n) is 6.83. The number of aromatic nitrogens is 3. The number of benzene rings is 1. The molecule has 0 spiro atoms. The highest BCUT2D eigenvalue weighted by atomic mass is 16.1. The van der Waals surface area contributed by atoms with E-state index >= 15 is 0 Å². The van der Waals surface area contributed by atoms with Crippen molar-refractivity contribution in [2.75, 3.05) is 0 Å². The van der Waals surface area contributed by atoms with Crippen molar-refractivity contribution in [1.82, 2.24) is 14.4 Å². The predicted molar refractivity (Wildman–Crippen MR) is 83.2 cm³/mol. The van der Waals surface area contributed by atoms with Gasteiger partial charge in [0.05, 0.1) is 17.2 Å². The normalized spacial score (nSPS) is 11.1. The van der Waals surface area contributed by atoms with Crippen molar-refractivity contribution in [3.05, 3.63) is 82.7 Å². The Morgan fingerprint density at radius 1 is 1.05 bits per heavy atom. The first-order valence-corrected chi connectivity index (χ1v) is 6.83. The lowest BCUT2D eigenvalue weighted by molar-refractivity contribution is 0.103. The lowest BCUT2D eigenvalue weighted by Gasteiger charge is -2.02. The second-order valence-corrected chi connectivity index (χ2v) is 4.95. The number of H-pyrrole nitrogens is 1. The Hall–Kier alpha value is -3.21. The second-order valence-electron chi connectivity index (χ2n) is 4.95. The molecular weight excluding hydrogens is 278 g/mol. The average molecular weight is 289 g/mol. The maximum Gasteiger partial charge on any atom is 0.260 e. The van der Waals surface area contributed by atoms with E-state index in [1.807, 2.05) is 30.3 Å². The number of fused-ring (bicyclic) bond motifs is 3. The highest BCUT2D eigenvalue weighted by Gasteiger charge is 2.21. The van der Waals surface area contributed by atoms with Crippen LogP contribution in [0.2, 0.25) is 0 Å². The van der Waals surface area contributed by atoms with Crippen molar-refractivity contribution in [2.45, 2.75) is 0 Å². The van der Waals surface area contributed by atoms with Crippen LogP contribution in [0.15, 0.2) is 65.8 Å². The molecular formula is C17H11N3O2. The molecule has 1 N–H and O–H groups in total. The van der Waals surface area contributed by atoms with Gasteiger partial charge in [-0.05, 0) is 12.1 Å². The summed E-state index contributed by atoms with van der Waals surface area (Å²) in [6.45, 7) is 0. The van der Waals surface area contributed by atoms with Crippen LogP contribution >= 0.6 is 0 Å². The summed E-state index contributed by atoms with van der Waals surface area (Å²) in [6.07, 6.45) is 3.10. The molecule has 0 atom stereocenters. The first-order chi connectivity index (χ1) is 10.8. The van der Waals surface area contributed by atoms with Gasteiger partial charge in [0.2, 0.25) is 5.78 Å².